The Morgan fingerprint density at radius 3 is 2.93 bits per heavy atom. The van der Waals surface area contributed by atoms with Gasteiger partial charge >= 0.3 is 0 Å². The van der Waals surface area contributed by atoms with E-state index in [0.29, 0.717) is 12.5 Å². The van der Waals surface area contributed by atoms with Crippen LogP contribution in [-0.4, -0.2) is 28.8 Å². The summed E-state index contributed by atoms with van der Waals surface area (Å²) in [5.41, 5.74) is 2.77. The molecule has 1 saturated heterocycles. The first-order chi connectivity index (χ1) is 12.5. The zero-order chi connectivity index (χ0) is 18.3. The number of rotatable bonds is 3. The van der Waals surface area contributed by atoms with Crippen molar-refractivity contribution in [2.45, 2.75) is 31.7 Å². The third kappa shape index (κ3) is 3.73. The molecule has 1 aliphatic carbocycles. The van der Waals surface area contributed by atoms with Crippen LogP contribution in [0.4, 0.5) is 4.39 Å². The highest BCUT2D eigenvalue weighted by Gasteiger charge is 2.37. The van der Waals surface area contributed by atoms with Crippen LogP contribution < -0.4 is 10.6 Å². The van der Waals surface area contributed by atoms with Gasteiger partial charge in [-0.3, -0.25) is 9.48 Å². The van der Waals surface area contributed by atoms with Crippen LogP contribution in [-0.2, 0) is 18.3 Å². The van der Waals surface area contributed by atoms with E-state index in [4.69, 9.17) is 0 Å². The van der Waals surface area contributed by atoms with E-state index < -0.39 is 0 Å². The van der Waals surface area contributed by atoms with Crippen LogP contribution in [0.1, 0.15) is 42.0 Å². The van der Waals surface area contributed by atoms with E-state index in [1.54, 1.807) is 10.7 Å². The molecule has 1 aromatic heterocycles. The molecule has 2 N–H and O–H groups in total. The van der Waals surface area contributed by atoms with Gasteiger partial charge in [0.05, 0.1) is 18.2 Å². The van der Waals surface area contributed by atoms with Gasteiger partial charge in [0.15, 0.2) is 0 Å². The van der Waals surface area contributed by atoms with Gasteiger partial charge in [0.1, 0.15) is 5.82 Å². The molecular weight excluding hydrogens is 367 g/mol. The summed E-state index contributed by atoms with van der Waals surface area (Å²) in [6, 6.07) is 5.07. The highest BCUT2D eigenvalue weighted by molar-refractivity contribution is 5.85. The lowest BCUT2D eigenvalue weighted by atomic mass is 9.80. The third-order valence-corrected chi connectivity index (χ3v) is 5.91. The minimum atomic E-state index is -0.163. The number of nitrogens with zero attached hydrogens (tertiary/aromatic N) is 2. The number of amides is 1. The second-order valence-electron chi connectivity index (χ2n) is 7.63. The van der Waals surface area contributed by atoms with Crippen molar-refractivity contribution in [3.05, 3.63) is 53.1 Å². The number of carbonyl (C=O) groups is 1. The molecule has 1 amide bonds. The molecule has 0 bridgehead atoms. The maximum absolute atomic E-state index is 14.2. The maximum Gasteiger partial charge on any atom is 0.225 e. The number of hydrogen-bond acceptors (Lipinski definition) is 3. The minimum absolute atomic E-state index is 0. The molecule has 27 heavy (non-hydrogen) atoms. The molecule has 2 aliphatic rings. The highest BCUT2D eigenvalue weighted by Crippen LogP contribution is 2.36. The highest BCUT2D eigenvalue weighted by atomic mass is 35.5. The Labute approximate surface area is 165 Å². The summed E-state index contributed by atoms with van der Waals surface area (Å²) in [7, 11) is 1.89. The van der Waals surface area contributed by atoms with Crippen molar-refractivity contribution in [1.29, 1.82) is 0 Å². The summed E-state index contributed by atoms with van der Waals surface area (Å²) < 4.78 is 15.9. The van der Waals surface area contributed by atoms with Crippen LogP contribution >= 0.6 is 12.4 Å². The second-order valence-corrected chi connectivity index (χ2v) is 7.63. The average molecular weight is 393 g/mol. The van der Waals surface area contributed by atoms with Crippen molar-refractivity contribution in [1.82, 2.24) is 20.4 Å². The van der Waals surface area contributed by atoms with E-state index in [1.165, 1.54) is 6.07 Å². The summed E-state index contributed by atoms with van der Waals surface area (Å²) in [6.07, 6.45) is 5.43. The smallest absolute Gasteiger partial charge is 0.225 e. The number of halogens is 2. The summed E-state index contributed by atoms with van der Waals surface area (Å²) in [4.78, 5) is 13.1. The minimum Gasteiger partial charge on any atom is -0.349 e. The Bertz CT molecular complexity index is 824. The van der Waals surface area contributed by atoms with E-state index in [2.05, 4.69) is 22.7 Å². The molecule has 4 atom stereocenters. The molecule has 4 rings (SSSR count). The van der Waals surface area contributed by atoms with Crippen LogP contribution in [0.5, 0.6) is 0 Å². The van der Waals surface area contributed by atoms with Crippen LogP contribution in [0, 0.1) is 17.7 Å². The average Bonchev–Trinajstić information content (AvgIpc) is 3.26. The Balaban J connectivity index is 0.00000210. The van der Waals surface area contributed by atoms with E-state index >= 15 is 0 Å². The van der Waals surface area contributed by atoms with Crippen LogP contribution in [0.25, 0.3) is 0 Å². The molecule has 7 heteroatoms. The molecule has 0 spiro atoms. The Morgan fingerprint density at radius 2 is 2.19 bits per heavy atom. The lowest BCUT2D eigenvalue weighted by Crippen LogP contribution is -2.41. The molecule has 2 heterocycles. The van der Waals surface area contributed by atoms with Gasteiger partial charge in [0, 0.05) is 32.3 Å². The first kappa shape index (κ1) is 19.8. The number of nitrogens with one attached hydrogen (secondary N) is 2. The molecule has 5 nitrogen and oxygen atoms in total. The number of aryl methyl sites for hydroxylation is 1. The fourth-order valence-corrected chi connectivity index (χ4v) is 4.39. The quantitative estimate of drug-likeness (QED) is 0.844. The zero-order valence-electron chi connectivity index (χ0n) is 15.6. The van der Waals surface area contributed by atoms with Gasteiger partial charge in [-0.2, -0.15) is 5.10 Å². The van der Waals surface area contributed by atoms with Gasteiger partial charge in [-0.25, -0.2) is 4.39 Å². The van der Waals surface area contributed by atoms with Crippen molar-refractivity contribution < 1.29 is 9.18 Å². The largest absolute Gasteiger partial charge is 0.349 e. The maximum atomic E-state index is 14.2. The lowest BCUT2D eigenvalue weighted by molar-refractivity contribution is -0.126. The fourth-order valence-electron chi connectivity index (χ4n) is 4.39. The van der Waals surface area contributed by atoms with E-state index in [-0.39, 0.29) is 42.0 Å². The summed E-state index contributed by atoms with van der Waals surface area (Å²) >= 11 is 0. The van der Waals surface area contributed by atoms with Crippen molar-refractivity contribution in [3.63, 3.8) is 0 Å². The summed E-state index contributed by atoms with van der Waals surface area (Å²) in [6.45, 7) is 3.56. The van der Waals surface area contributed by atoms with Gasteiger partial charge in [-0.15, -0.1) is 12.4 Å². The van der Waals surface area contributed by atoms with Crippen LogP contribution in [0.2, 0.25) is 0 Å². The standard InChI is InChI=1S/C20H25FN4O.ClH/c1-12-6-7-14-15(4-3-5-18(14)21)19(12)24-20(26)17-10-22-9-16(17)13-8-23-25(2)11-13;/h3-5,8,11-12,16-17,19,22H,6-7,9-10H2,1-2H3,(H,24,26);1H/t12?,16-,17+,19?;/m1./s1. The Kier molecular flexibility index (Phi) is 5.86. The molecular formula is C20H26ClFN4O. The summed E-state index contributed by atoms with van der Waals surface area (Å²) in [5, 5.41) is 10.8. The van der Waals surface area contributed by atoms with Gasteiger partial charge in [0.2, 0.25) is 5.91 Å². The number of carbonyl (C=O) groups excluding carboxylic acids is 1. The Hall–Kier alpha value is -1.92. The van der Waals surface area contributed by atoms with E-state index in [0.717, 1.165) is 36.1 Å². The molecule has 1 aromatic carbocycles. The fraction of sp³-hybridized carbons (Fsp3) is 0.500. The molecule has 0 saturated carbocycles. The molecule has 2 aromatic rings. The Morgan fingerprint density at radius 1 is 1.37 bits per heavy atom. The second kappa shape index (κ2) is 7.98. The summed E-state index contributed by atoms with van der Waals surface area (Å²) in [5.74, 6) is 0.154. The molecule has 1 fully saturated rings. The van der Waals surface area contributed by atoms with Gasteiger partial charge < -0.3 is 10.6 Å². The monoisotopic (exact) mass is 392 g/mol. The van der Waals surface area contributed by atoms with Crippen molar-refractivity contribution in [3.8, 4) is 0 Å². The van der Waals surface area contributed by atoms with E-state index in [9.17, 15) is 9.18 Å². The molecule has 146 valence electrons. The first-order valence-corrected chi connectivity index (χ1v) is 9.31. The number of benzene rings is 1. The van der Waals surface area contributed by atoms with Crippen molar-refractivity contribution >= 4 is 18.3 Å². The van der Waals surface area contributed by atoms with Crippen molar-refractivity contribution in [2.24, 2.45) is 18.9 Å². The predicted octanol–water partition coefficient (Wildman–Crippen LogP) is 2.72. The number of hydrogen-bond donors (Lipinski definition) is 2. The topological polar surface area (TPSA) is 59.0 Å². The zero-order valence-corrected chi connectivity index (χ0v) is 16.4. The normalized spacial score (nSPS) is 26.9. The number of fused-ring (bicyclic) bond motifs is 1. The van der Waals surface area contributed by atoms with E-state index in [1.807, 2.05) is 25.5 Å². The SMILES string of the molecule is CC1CCc2c(F)cccc2C1NC(=O)[C@H]1CNC[C@@H]1c1cnn(C)c1.Cl. The molecule has 1 aliphatic heterocycles. The van der Waals surface area contributed by atoms with Crippen LogP contribution in [0.3, 0.4) is 0 Å². The van der Waals surface area contributed by atoms with Gasteiger partial charge in [0.25, 0.3) is 0 Å². The van der Waals surface area contributed by atoms with Crippen LogP contribution in [0.15, 0.2) is 30.6 Å². The lowest BCUT2D eigenvalue weighted by Gasteiger charge is -2.33. The molecule has 2 unspecified atom stereocenters. The molecule has 0 radical (unpaired) electrons. The van der Waals surface area contributed by atoms with Crippen molar-refractivity contribution in [2.75, 3.05) is 13.1 Å². The van der Waals surface area contributed by atoms with Gasteiger partial charge in [-0.1, -0.05) is 19.1 Å². The number of aromatic nitrogens is 2. The third-order valence-electron chi connectivity index (χ3n) is 5.91. The predicted molar refractivity (Wildman–Crippen MR) is 104 cm³/mol. The first-order valence-electron chi connectivity index (χ1n) is 9.31. The van der Waals surface area contributed by atoms with Gasteiger partial charge in [-0.05, 0) is 41.5 Å².